The zero-order valence-electron chi connectivity index (χ0n) is 9.77. The molecule has 0 aliphatic heterocycles. The van der Waals surface area contributed by atoms with E-state index in [9.17, 15) is 14.7 Å². The van der Waals surface area contributed by atoms with Crippen LogP contribution in [-0.2, 0) is 0 Å². The molecule has 0 fully saturated rings. The van der Waals surface area contributed by atoms with E-state index in [-0.39, 0.29) is 11.3 Å². The van der Waals surface area contributed by atoms with Gasteiger partial charge in [0.05, 0.1) is 11.3 Å². The summed E-state index contributed by atoms with van der Waals surface area (Å²) in [6.07, 6.45) is 1.17. The fourth-order valence-electron chi connectivity index (χ4n) is 1.33. The lowest BCUT2D eigenvalue weighted by Gasteiger charge is -2.02. The second-order valence-corrected chi connectivity index (χ2v) is 4.91. The predicted molar refractivity (Wildman–Crippen MR) is 68.3 cm³/mol. The number of aromatic amines is 1. The number of pyridine rings is 1. The van der Waals surface area contributed by atoms with Crippen molar-refractivity contribution in [3.8, 4) is 5.75 Å². The number of thiazole rings is 1. The summed E-state index contributed by atoms with van der Waals surface area (Å²) in [6.45, 7) is 3.75. The summed E-state index contributed by atoms with van der Waals surface area (Å²) in [5.74, 6) is -0.876. The van der Waals surface area contributed by atoms with Crippen LogP contribution in [0.2, 0.25) is 0 Å². The van der Waals surface area contributed by atoms with Crippen molar-refractivity contribution in [3.63, 3.8) is 0 Å². The van der Waals surface area contributed by atoms with Crippen LogP contribution >= 0.6 is 11.3 Å². The highest BCUT2D eigenvalue weighted by atomic mass is 32.1. The van der Waals surface area contributed by atoms with Crippen molar-refractivity contribution >= 4 is 22.4 Å². The minimum atomic E-state index is -0.516. The Balaban J connectivity index is 2.24. The van der Waals surface area contributed by atoms with E-state index in [4.69, 9.17) is 0 Å². The smallest absolute Gasteiger partial charge is 0.262 e. The first-order valence-electron chi connectivity index (χ1n) is 5.14. The van der Waals surface area contributed by atoms with Gasteiger partial charge in [-0.1, -0.05) is 0 Å². The van der Waals surface area contributed by atoms with Crippen molar-refractivity contribution in [2.45, 2.75) is 13.8 Å². The molecule has 0 bridgehead atoms. The lowest BCUT2D eigenvalue weighted by atomic mass is 10.2. The molecule has 94 valence electrons. The zero-order valence-corrected chi connectivity index (χ0v) is 10.6. The van der Waals surface area contributed by atoms with E-state index in [1.165, 1.54) is 17.5 Å². The number of carbonyl (C=O) groups is 1. The van der Waals surface area contributed by atoms with Gasteiger partial charge in [-0.05, 0) is 13.8 Å². The first-order valence-corrected chi connectivity index (χ1v) is 5.96. The highest BCUT2D eigenvalue weighted by Gasteiger charge is 2.14. The fourth-order valence-corrected chi connectivity index (χ4v) is 2.14. The summed E-state index contributed by atoms with van der Waals surface area (Å²) in [6, 6.07) is 0.952. The third-order valence-corrected chi connectivity index (χ3v) is 3.38. The van der Waals surface area contributed by atoms with E-state index >= 15 is 0 Å². The number of anilines is 1. The van der Waals surface area contributed by atoms with Gasteiger partial charge in [0.2, 0.25) is 0 Å². The van der Waals surface area contributed by atoms with Gasteiger partial charge in [-0.15, -0.1) is 11.3 Å². The van der Waals surface area contributed by atoms with Crippen molar-refractivity contribution < 1.29 is 9.90 Å². The molecule has 0 aliphatic rings. The molecule has 0 aliphatic carbocycles. The number of hydrogen-bond donors (Lipinski definition) is 3. The van der Waals surface area contributed by atoms with Crippen molar-refractivity contribution in [1.82, 2.24) is 9.97 Å². The number of aromatic nitrogens is 2. The highest BCUT2D eigenvalue weighted by molar-refractivity contribution is 7.15. The average Bonchev–Trinajstić information content (AvgIpc) is 2.57. The van der Waals surface area contributed by atoms with Crippen LogP contribution in [0.4, 0.5) is 5.13 Å². The molecule has 0 atom stereocenters. The Labute approximate surface area is 106 Å². The maximum absolute atomic E-state index is 11.8. The highest BCUT2D eigenvalue weighted by Crippen LogP contribution is 2.22. The Hall–Kier alpha value is -2.15. The maximum Gasteiger partial charge on any atom is 0.262 e. The quantitative estimate of drug-likeness (QED) is 0.765. The van der Waals surface area contributed by atoms with E-state index in [1.54, 1.807) is 0 Å². The van der Waals surface area contributed by atoms with Crippen LogP contribution in [0.5, 0.6) is 5.75 Å². The van der Waals surface area contributed by atoms with E-state index in [2.05, 4.69) is 15.3 Å². The van der Waals surface area contributed by atoms with Gasteiger partial charge in [0.25, 0.3) is 11.5 Å². The number of aryl methyl sites for hydroxylation is 2. The minimum Gasteiger partial charge on any atom is -0.507 e. The molecular weight excluding hydrogens is 254 g/mol. The number of nitrogens with one attached hydrogen (secondary N) is 2. The van der Waals surface area contributed by atoms with Crippen LogP contribution in [0.25, 0.3) is 0 Å². The molecule has 2 rings (SSSR count). The Morgan fingerprint density at radius 3 is 2.78 bits per heavy atom. The summed E-state index contributed by atoms with van der Waals surface area (Å²) in [5.41, 5.74) is 0.381. The molecule has 2 aromatic heterocycles. The number of amides is 1. The maximum atomic E-state index is 11.8. The first kappa shape index (κ1) is 12.3. The van der Waals surface area contributed by atoms with Crippen LogP contribution in [0.3, 0.4) is 0 Å². The van der Waals surface area contributed by atoms with Crippen LogP contribution in [0, 0.1) is 13.8 Å². The van der Waals surface area contributed by atoms with E-state index in [1.807, 2.05) is 13.8 Å². The van der Waals surface area contributed by atoms with Gasteiger partial charge < -0.3 is 10.1 Å². The van der Waals surface area contributed by atoms with Gasteiger partial charge in [-0.25, -0.2) is 4.98 Å². The zero-order chi connectivity index (χ0) is 13.3. The standard InChI is InChI=1S/C11H11N3O3S/c1-5-6(2)18-11(13-5)14-10(17)7-4-12-9(16)3-8(7)15/h3-4H,1-2H3,(H2,12,15,16)(H,13,14,17). The third kappa shape index (κ3) is 2.40. The Morgan fingerprint density at radius 1 is 1.50 bits per heavy atom. The van der Waals surface area contributed by atoms with Crippen molar-refractivity contribution in [2.24, 2.45) is 0 Å². The SMILES string of the molecule is Cc1nc(NC(=O)c2c[nH]c(=O)cc2O)sc1C. The molecule has 0 radical (unpaired) electrons. The van der Waals surface area contributed by atoms with Gasteiger partial charge in [0.15, 0.2) is 5.13 Å². The number of aromatic hydroxyl groups is 1. The van der Waals surface area contributed by atoms with Crippen LogP contribution in [0.15, 0.2) is 17.1 Å². The summed E-state index contributed by atoms with van der Waals surface area (Å²) in [7, 11) is 0. The number of rotatable bonds is 2. The summed E-state index contributed by atoms with van der Waals surface area (Å²) in [5, 5.41) is 12.5. The molecule has 0 saturated carbocycles. The molecule has 18 heavy (non-hydrogen) atoms. The van der Waals surface area contributed by atoms with E-state index in [0.29, 0.717) is 5.13 Å². The summed E-state index contributed by atoms with van der Waals surface area (Å²) >= 11 is 1.35. The Kier molecular flexibility index (Phi) is 3.15. The molecule has 0 unspecified atom stereocenters. The molecule has 3 N–H and O–H groups in total. The minimum absolute atomic E-state index is 0.0000983. The van der Waals surface area contributed by atoms with Crippen molar-refractivity contribution in [3.05, 3.63) is 38.8 Å². The molecular formula is C11H11N3O3S. The van der Waals surface area contributed by atoms with Gasteiger partial charge in [-0.2, -0.15) is 0 Å². The normalized spacial score (nSPS) is 10.3. The monoisotopic (exact) mass is 265 g/mol. The molecule has 0 spiro atoms. The second kappa shape index (κ2) is 4.61. The number of carbonyl (C=O) groups excluding carboxylic acids is 1. The van der Waals surface area contributed by atoms with Gasteiger partial charge in [-0.3, -0.25) is 14.9 Å². The Morgan fingerprint density at radius 2 is 2.22 bits per heavy atom. The lowest BCUT2D eigenvalue weighted by molar-refractivity contribution is 0.102. The van der Waals surface area contributed by atoms with Crippen LogP contribution < -0.4 is 10.9 Å². The van der Waals surface area contributed by atoms with Crippen LogP contribution in [-0.4, -0.2) is 21.0 Å². The lowest BCUT2D eigenvalue weighted by Crippen LogP contribution is -2.14. The topological polar surface area (TPSA) is 95.1 Å². The fraction of sp³-hybridized carbons (Fsp3) is 0.182. The van der Waals surface area contributed by atoms with Gasteiger partial charge in [0.1, 0.15) is 5.75 Å². The Bertz CT molecular complexity index is 640. The molecule has 0 aromatic carbocycles. The molecule has 0 saturated heterocycles. The number of nitrogens with zero attached hydrogens (tertiary/aromatic N) is 1. The third-order valence-electron chi connectivity index (χ3n) is 2.40. The molecule has 2 heterocycles. The van der Waals surface area contributed by atoms with Gasteiger partial charge in [0, 0.05) is 17.1 Å². The largest absolute Gasteiger partial charge is 0.507 e. The molecule has 1 amide bonds. The number of H-pyrrole nitrogens is 1. The van der Waals surface area contributed by atoms with Crippen molar-refractivity contribution in [2.75, 3.05) is 5.32 Å². The first-order chi connectivity index (χ1) is 8.47. The summed E-state index contributed by atoms with van der Waals surface area (Å²) < 4.78 is 0. The predicted octanol–water partition coefficient (Wildman–Crippen LogP) is 1.41. The second-order valence-electron chi connectivity index (χ2n) is 3.71. The number of hydrogen-bond acceptors (Lipinski definition) is 5. The molecule has 7 heteroatoms. The van der Waals surface area contributed by atoms with E-state index in [0.717, 1.165) is 16.6 Å². The van der Waals surface area contributed by atoms with Gasteiger partial charge >= 0.3 is 0 Å². The van der Waals surface area contributed by atoms with Crippen LogP contribution in [0.1, 0.15) is 20.9 Å². The van der Waals surface area contributed by atoms with Crippen molar-refractivity contribution in [1.29, 1.82) is 0 Å². The molecule has 2 aromatic rings. The average molecular weight is 265 g/mol. The molecule has 6 nitrogen and oxygen atoms in total. The van der Waals surface area contributed by atoms with E-state index < -0.39 is 11.5 Å². The summed E-state index contributed by atoms with van der Waals surface area (Å²) in [4.78, 5) is 30.3.